The van der Waals surface area contributed by atoms with Crippen LogP contribution in [0.1, 0.15) is 17.2 Å². The van der Waals surface area contributed by atoms with E-state index in [1.165, 1.54) is 6.07 Å². The topological polar surface area (TPSA) is 101 Å². The molecule has 0 heterocycles. The summed E-state index contributed by atoms with van der Waals surface area (Å²) < 4.78 is 37.5. The fourth-order valence-corrected chi connectivity index (χ4v) is 1.41. The molecule has 0 fully saturated rings. The van der Waals surface area contributed by atoms with Gasteiger partial charge in [0.05, 0.1) is 16.6 Å². The van der Waals surface area contributed by atoms with E-state index >= 15 is 0 Å². The second-order valence-electron chi connectivity index (χ2n) is 3.89. The second kappa shape index (κ2) is 6.24. The minimum atomic E-state index is -4.51. The van der Waals surface area contributed by atoms with E-state index in [1.807, 2.05) is 0 Å². The highest BCUT2D eigenvalue weighted by molar-refractivity contribution is 5.27. The van der Waals surface area contributed by atoms with E-state index in [0.29, 0.717) is 6.20 Å². The molecular weight excluding hydrogens is 279 g/mol. The second-order valence-corrected chi connectivity index (χ2v) is 3.89. The molecule has 0 saturated heterocycles. The first-order valence-electron chi connectivity index (χ1n) is 5.40. The molecule has 0 saturated carbocycles. The summed E-state index contributed by atoms with van der Waals surface area (Å²) >= 11 is 0. The highest BCUT2D eigenvalue weighted by Crippen LogP contribution is 2.30. The number of hydrogen-bond donors (Lipinski definition) is 3. The first-order valence-corrected chi connectivity index (χ1v) is 5.40. The molecule has 0 amide bonds. The number of aliphatic hydroxyl groups is 1. The number of nitrogens with two attached hydrogens (primary N) is 1. The maximum absolute atomic E-state index is 12.5. The van der Waals surface area contributed by atoms with Crippen molar-refractivity contribution in [2.75, 3.05) is 6.54 Å². The Bertz CT molecular complexity index is 517. The highest BCUT2D eigenvalue weighted by Gasteiger charge is 2.30. The molecular formula is C11H12F3N3O3. The van der Waals surface area contributed by atoms with Crippen LogP contribution in [0.3, 0.4) is 0 Å². The Hall–Kier alpha value is -2.29. The monoisotopic (exact) mass is 291 g/mol. The van der Waals surface area contributed by atoms with Gasteiger partial charge in [-0.3, -0.25) is 10.1 Å². The molecule has 1 aromatic carbocycles. The van der Waals surface area contributed by atoms with Crippen LogP contribution in [0.25, 0.3) is 0 Å². The lowest BCUT2D eigenvalue weighted by Gasteiger charge is -2.14. The summed E-state index contributed by atoms with van der Waals surface area (Å²) in [5, 5.41) is 22.1. The van der Waals surface area contributed by atoms with Gasteiger partial charge in [-0.15, -0.1) is 0 Å². The van der Waals surface area contributed by atoms with Gasteiger partial charge in [-0.1, -0.05) is 12.1 Å². The first-order chi connectivity index (χ1) is 9.20. The molecule has 0 aliphatic rings. The predicted molar refractivity (Wildman–Crippen MR) is 63.7 cm³/mol. The minimum Gasteiger partial charge on any atom is -0.387 e. The van der Waals surface area contributed by atoms with Crippen molar-refractivity contribution in [3.63, 3.8) is 0 Å². The van der Waals surface area contributed by atoms with Gasteiger partial charge in [-0.2, -0.15) is 13.2 Å². The lowest BCUT2D eigenvalue weighted by Crippen LogP contribution is -2.26. The highest BCUT2D eigenvalue weighted by atomic mass is 19.4. The van der Waals surface area contributed by atoms with Crippen LogP contribution in [0, 0.1) is 10.1 Å². The van der Waals surface area contributed by atoms with Gasteiger partial charge < -0.3 is 16.2 Å². The summed E-state index contributed by atoms with van der Waals surface area (Å²) in [6.07, 6.45) is -5.30. The molecule has 6 nitrogen and oxygen atoms in total. The molecule has 110 valence electrons. The van der Waals surface area contributed by atoms with Crippen LogP contribution >= 0.6 is 0 Å². The lowest BCUT2D eigenvalue weighted by molar-refractivity contribution is -0.403. The average Bonchev–Trinajstić information content (AvgIpc) is 2.34. The van der Waals surface area contributed by atoms with E-state index in [2.05, 4.69) is 5.32 Å². The third-order valence-corrected chi connectivity index (χ3v) is 2.34. The van der Waals surface area contributed by atoms with Crippen molar-refractivity contribution in [3.8, 4) is 0 Å². The van der Waals surface area contributed by atoms with Gasteiger partial charge >= 0.3 is 6.18 Å². The molecule has 1 aromatic rings. The average molecular weight is 291 g/mol. The Labute approximate surface area is 111 Å². The number of nitrogens with one attached hydrogen (secondary N) is 1. The van der Waals surface area contributed by atoms with Crippen LogP contribution in [0.2, 0.25) is 0 Å². The Balaban J connectivity index is 2.73. The summed E-state index contributed by atoms with van der Waals surface area (Å²) in [6.45, 7) is -0.252. The van der Waals surface area contributed by atoms with Gasteiger partial charge in [0.25, 0.3) is 6.20 Å². The molecule has 0 aromatic heterocycles. The van der Waals surface area contributed by atoms with Crippen LogP contribution in [-0.2, 0) is 6.18 Å². The van der Waals surface area contributed by atoms with Gasteiger partial charge in [0, 0.05) is 6.54 Å². The Morgan fingerprint density at radius 1 is 1.55 bits per heavy atom. The summed E-state index contributed by atoms with van der Waals surface area (Å²) in [7, 11) is 0. The lowest BCUT2D eigenvalue weighted by atomic mass is 10.1. The molecule has 20 heavy (non-hydrogen) atoms. The minimum absolute atomic E-state index is 0.0289. The Kier molecular flexibility index (Phi) is 4.92. The molecule has 1 atom stereocenters. The smallest absolute Gasteiger partial charge is 0.387 e. The van der Waals surface area contributed by atoms with E-state index in [-0.39, 0.29) is 17.9 Å². The van der Waals surface area contributed by atoms with Gasteiger partial charge in [-0.25, -0.2) is 0 Å². The van der Waals surface area contributed by atoms with E-state index in [9.17, 15) is 28.4 Å². The van der Waals surface area contributed by atoms with Gasteiger partial charge in [0.1, 0.15) is 0 Å². The number of nitro groups is 1. The van der Waals surface area contributed by atoms with E-state index in [4.69, 9.17) is 5.73 Å². The molecule has 1 rings (SSSR count). The normalized spacial score (nSPS) is 13.9. The first kappa shape index (κ1) is 15.8. The summed E-state index contributed by atoms with van der Waals surface area (Å²) in [5.41, 5.74) is 4.36. The number of nitrogens with zero attached hydrogens (tertiary/aromatic N) is 1. The zero-order chi connectivity index (χ0) is 15.3. The van der Waals surface area contributed by atoms with E-state index in [1.54, 1.807) is 0 Å². The van der Waals surface area contributed by atoms with Crippen molar-refractivity contribution >= 4 is 0 Å². The van der Waals surface area contributed by atoms with Crippen molar-refractivity contribution in [3.05, 3.63) is 57.5 Å². The van der Waals surface area contributed by atoms with Gasteiger partial charge in [-0.05, 0) is 17.7 Å². The number of benzene rings is 1. The summed E-state index contributed by atoms with van der Waals surface area (Å²) in [5.74, 6) is -0.305. The van der Waals surface area contributed by atoms with E-state index < -0.39 is 22.8 Å². The van der Waals surface area contributed by atoms with Crippen molar-refractivity contribution < 1.29 is 23.2 Å². The number of aliphatic hydroxyl groups excluding tert-OH is 1. The summed E-state index contributed by atoms with van der Waals surface area (Å²) in [6, 6.07) is 4.16. The third-order valence-electron chi connectivity index (χ3n) is 2.34. The molecule has 9 heteroatoms. The maximum Gasteiger partial charge on any atom is 0.416 e. The van der Waals surface area contributed by atoms with Crippen LogP contribution < -0.4 is 11.1 Å². The molecule has 0 bridgehead atoms. The van der Waals surface area contributed by atoms with Crippen LogP contribution in [0.15, 0.2) is 36.3 Å². The van der Waals surface area contributed by atoms with E-state index in [0.717, 1.165) is 18.2 Å². The van der Waals surface area contributed by atoms with Gasteiger partial charge in [0.2, 0.25) is 0 Å². The maximum atomic E-state index is 12.5. The Morgan fingerprint density at radius 2 is 2.20 bits per heavy atom. The quantitative estimate of drug-likeness (QED) is 0.561. The zero-order valence-electron chi connectivity index (χ0n) is 10.1. The molecule has 4 N–H and O–H groups in total. The largest absolute Gasteiger partial charge is 0.416 e. The standard InChI is InChI=1S/C11H12F3N3O3/c12-11(13,14)8-3-1-2-7(4-8)9(18)5-16-10(15)6-17(19)20/h1-4,6,9,16,18H,5,15H2. The molecule has 0 aliphatic heterocycles. The Morgan fingerprint density at radius 3 is 2.75 bits per heavy atom. The number of rotatable bonds is 5. The molecule has 0 spiro atoms. The predicted octanol–water partition coefficient (Wildman–Crippen LogP) is 1.36. The van der Waals surface area contributed by atoms with Crippen molar-refractivity contribution in [2.45, 2.75) is 12.3 Å². The van der Waals surface area contributed by atoms with Crippen LogP contribution in [0.4, 0.5) is 13.2 Å². The zero-order valence-corrected chi connectivity index (χ0v) is 10.1. The molecule has 0 aliphatic carbocycles. The summed E-state index contributed by atoms with van der Waals surface area (Å²) in [4.78, 5) is 9.31. The fourth-order valence-electron chi connectivity index (χ4n) is 1.41. The van der Waals surface area contributed by atoms with Crippen molar-refractivity contribution in [1.82, 2.24) is 5.32 Å². The van der Waals surface area contributed by atoms with Crippen LogP contribution in [0.5, 0.6) is 0 Å². The van der Waals surface area contributed by atoms with Crippen molar-refractivity contribution in [1.29, 1.82) is 0 Å². The molecule has 0 radical (unpaired) electrons. The number of alkyl halides is 3. The fraction of sp³-hybridized carbons (Fsp3) is 0.273. The third kappa shape index (κ3) is 4.76. The van der Waals surface area contributed by atoms with Gasteiger partial charge in [0.15, 0.2) is 5.82 Å². The molecule has 1 unspecified atom stereocenters. The van der Waals surface area contributed by atoms with Crippen molar-refractivity contribution in [2.24, 2.45) is 5.73 Å². The SMILES string of the molecule is NC(=C[N+](=O)[O-])NCC(O)c1cccc(C(F)(F)F)c1. The van der Waals surface area contributed by atoms with Crippen LogP contribution in [-0.4, -0.2) is 16.6 Å². The number of halogens is 3. The number of hydrogen-bond acceptors (Lipinski definition) is 5.